The summed E-state index contributed by atoms with van der Waals surface area (Å²) >= 11 is 0. The van der Waals surface area contributed by atoms with Crippen LogP contribution in [0.25, 0.3) is 11.1 Å². The fourth-order valence-electron chi connectivity index (χ4n) is 1.81. The lowest BCUT2D eigenvalue weighted by molar-refractivity contribution is 0.510. The largest absolute Gasteiger partial charge is 0.358 e. The molecule has 98 valence electrons. The van der Waals surface area contributed by atoms with Gasteiger partial charge in [-0.1, -0.05) is 75.9 Å². The molecule has 1 heteroatoms. The summed E-state index contributed by atoms with van der Waals surface area (Å²) in [4.78, 5) is 0. The zero-order valence-corrected chi connectivity index (χ0v) is 11.9. The van der Waals surface area contributed by atoms with Crippen molar-refractivity contribution in [3.63, 3.8) is 0 Å². The Labute approximate surface area is 116 Å². The Balaban J connectivity index is 2.35. The quantitative estimate of drug-likeness (QED) is 0.778. The number of nitrogens with one attached hydrogen (secondary N) is 1. The van der Waals surface area contributed by atoms with Crippen LogP contribution in [0.15, 0.2) is 66.9 Å². The average molecular weight is 251 g/mol. The Bertz CT molecular complexity index is 562. The van der Waals surface area contributed by atoms with Crippen molar-refractivity contribution in [2.45, 2.75) is 20.8 Å². The van der Waals surface area contributed by atoms with E-state index in [1.54, 1.807) is 0 Å². The molecule has 0 spiro atoms. The molecule has 0 aliphatic rings. The SMILES string of the molecule is C=C(Nc1ccccc1-c1ccccc1)C(C)(C)C. The Hall–Kier alpha value is -2.02. The molecule has 19 heavy (non-hydrogen) atoms. The molecule has 1 N–H and O–H groups in total. The van der Waals surface area contributed by atoms with Crippen LogP contribution < -0.4 is 5.32 Å². The van der Waals surface area contributed by atoms with Gasteiger partial charge in [0.1, 0.15) is 0 Å². The summed E-state index contributed by atoms with van der Waals surface area (Å²) in [6.07, 6.45) is 0. The van der Waals surface area contributed by atoms with Gasteiger partial charge in [0.05, 0.1) is 0 Å². The molecule has 0 bridgehead atoms. The van der Waals surface area contributed by atoms with Crippen LogP contribution in [0.1, 0.15) is 20.8 Å². The molecule has 0 saturated carbocycles. The van der Waals surface area contributed by atoms with Gasteiger partial charge in [0, 0.05) is 22.4 Å². The number of para-hydroxylation sites is 1. The second kappa shape index (κ2) is 5.31. The van der Waals surface area contributed by atoms with Crippen LogP contribution in [0.5, 0.6) is 0 Å². The van der Waals surface area contributed by atoms with E-state index in [-0.39, 0.29) is 5.41 Å². The molecule has 2 aromatic rings. The molecule has 2 aromatic carbocycles. The maximum absolute atomic E-state index is 4.14. The molecule has 0 heterocycles. The summed E-state index contributed by atoms with van der Waals surface area (Å²) in [6.45, 7) is 10.6. The fourth-order valence-corrected chi connectivity index (χ4v) is 1.81. The van der Waals surface area contributed by atoms with Gasteiger partial charge in [0.2, 0.25) is 0 Å². The maximum Gasteiger partial charge on any atom is 0.0461 e. The van der Waals surface area contributed by atoms with Crippen LogP contribution in [0.4, 0.5) is 5.69 Å². The molecular weight excluding hydrogens is 230 g/mol. The highest BCUT2D eigenvalue weighted by Gasteiger charge is 2.16. The minimum absolute atomic E-state index is 0.0454. The standard InChI is InChI=1S/C18H21N/c1-14(18(2,3)4)19-17-13-9-8-12-16(17)15-10-6-5-7-11-15/h5-13,19H,1H2,2-4H3. The van der Waals surface area contributed by atoms with Gasteiger partial charge in [-0.05, 0) is 11.6 Å². The molecule has 0 amide bonds. The van der Waals surface area contributed by atoms with Gasteiger partial charge in [0.15, 0.2) is 0 Å². The van der Waals surface area contributed by atoms with E-state index >= 15 is 0 Å². The van der Waals surface area contributed by atoms with Crippen molar-refractivity contribution >= 4 is 5.69 Å². The van der Waals surface area contributed by atoms with Gasteiger partial charge in [-0.2, -0.15) is 0 Å². The van der Waals surface area contributed by atoms with Crippen LogP contribution in [0.2, 0.25) is 0 Å². The summed E-state index contributed by atoms with van der Waals surface area (Å²) in [7, 11) is 0. The predicted molar refractivity (Wildman–Crippen MR) is 84.1 cm³/mol. The number of benzene rings is 2. The van der Waals surface area contributed by atoms with Crippen molar-refractivity contribution < 1.29 is 0 Å². The van der Waals surface area contributed by atoms with Gasteiger partial charge in [-0.3, -0.25) is 0 Å². The molecule has 2 rings (SSSR count). The van der Waals surface area contributed by atoms with Crippen LogP contribution in [-0.2, 0) is 0 Å². The van der Waals surface area contributed by atoms with Crippen molar-refractivity contribution in [2.75, 3.05) is 5.32 Å². The Morgan fingerprint density at radius 1 is 0.895 bits per heavy atom. The third-order valence-electron chi connectivity index (χ3n) is 3.20. The monoisotopic (exact) mass is 251 g/mol. The van der Waals surface area contributed by atoms with Gasteiger partial charge in [-0.25, -0.2) is 0 Å². The lowest BCUT2D eigenvalue weighted by Crippen LogP contribution is -2.15. The number of rotatable bonds is 3. The van der Waals surface area contributed by atoms with E-state index in [1.165, 1.54) is 11.1 Å². The van der Waals surface area contributed by atoms with Gasteiger partial charge < -0.3 is 5.32 Å². The molecule has 0 atom stereocenters. The number of anilines is 1. The predicted octanol–water partition coefficient (Wildman–Crippen LogP) is 5.33. The Morgan fingerprint density at radius 3 is 2.11 bits per heavy atom. The van der Waals surface area contributed by atoms with Crippen molar-refractivity contribution in [1.29, 1.82) is 0 Å². The van der Waals surface area contributed by atoms with E-state index in [9.17, 15) is 0 Å². The summed E-state index contributed by atoms with van der Waals surface area (Å²) in [5.74, 6) is 0. The molecule has 0 saturated heterocycles. The third-order valence-corrected chi connectivity index (χ3v) is 3.20. The minimum Gasteiger partial charge on any atom is -0.358 e. The lowest BCUT2D eigenvalue weighted by Gasteiger charge is -2.24. The highest BCUT2D eigenvalue weighted by atomic mass is 14.9. The number of allylic oxidation sites excluding steroid dienone is 1. The van der Waals surface area contributed by atoms with Crippen LogP contribution in [0.3, 0.4) is 0 Å². The highest BCUT2D eigenvalue weighted by molar-refractivity contribution is 5.78. The topological polar surface area (TPSA) is 12.0 Å². The first-order valence-electron chi connectivity index (χ1n) is 6.59. The van der Waals surface area contributed by atoms with Crippen LogP contribution in [0, 0.1) is 5.41 Å². The van der Waals surface area contributed by atoms with E-state index in [0.29, 0.717) is 0 Å². The van der Waals surface area contributed by atoms with Crippen molar-refractivity contribution in [3.8, 4) is 11.1 Å². The first kappa shape index (κ1) is 13.4. The zero-order valence-electron chi connectivity index (χ0n) is 11.9. The van der Waals surface area contributed by atoms with Crippen LogP contribution in [-0.4, -0.2) is 0 Å². The molecule has 0 unspecified atom stereocenters. The highest BCUT2D eigenvalue weighted by Crippen LogP contribution is 2.31. The van der Waals surface area contributed by atoms with Gasteiger partial charge in [0.25, 0.3) is 0 Å². The van der Waals surface area contributed by atoms with Crippen LogP contribution >= 0.6 is 0 Å². The van der Waals surface area contributed by atoms with E-state index in [2.05, 4.69) is 75.1 Å². The van der Waals surface area contributed by atoms with Crippen molar-refractivity contribution in [1.82, 2.24) is 0 Å². The second-order valence-corrected chi connectivity index (χ2v) is 5.77. The first-order chi connectivity index (χ1) is 8.98. The average Bonchev–Trinajstić information content (AvgIpc) is 2.39. The fraction of sp³-hybridized carbons (Fsp3) is 0.222. The van der Waals surface area contributed by atoms with E-state index in [4.69, 9.17) is 0 Å². The van der Waals surface area contributed by atoms with Crippen molar-refractivity contribution in [3.05, 3.63) is 66.9 Å². The van der Waals surface area contributed by atoms with E-state index in [1.807, 2.05) is 12.1 Å². The van der Waals surface area contributed by atoms with E-state index in [0.717, 1.165) is 11.4 Å². The maximum atomic E-state index is 4.14. The van der Waals surface area contributed by atoms with Crippen molar-refractivity contribution in [2.24, 2.45) is 5.41 Å². The summed E-state index contributed by atoms with van der Waals surface area (Å²) in [5.41, 5.74) is 4.59. The third kappa shape index (κ3) is 3.25. The van der Waals surface area contributed by atoms with Gasteiger partial charge >= 0.3 is 0 Å². The molecule has 1 nitrogen and oxygen atoms in total. The Morgan fingerprint density at radius 2 is 1.47 bits per heavy atom. The molecular formula is C18H21N. The van der Waals surface area contributed by atoms with E-state index < -0.39 is 0 Å². The number of hydrogen-bond donors (Lipinski definition) is 1. The molecule has 0 radical (unpaired) electrons. The molecule has 0 aliphatic heterocycles. The Kier molecular flexibility index (Phi) is 3.75. The number of hydrogen-bond acceptors (Lipinski definition) is 1. The summed E-state index contributed by atoms with van der Waals surface area (Å²) < 4.78 is 0. The minimum atomic E-state index is 0.0454. The lowest BCUT2D eigenvalue weighted by atomic mass is 9.92. The first-order valence-corrected chi connectivity index (χ1v) is 6.59. The smallest absolute Gasteiger partial charge is 0.0461 e. The van der Waals surface area contributed by atoms with Gasteiger partial charge in [-0.15, -0.1) is 0 Å². The molecule has 0 aliphatic carbocycles. The molecule has 0 aromatic heterocycles. The summed E-state index contributed by atoms with van der Waals surface area (Å²) in [6, 6.07) is 18.7. The zero-order chi connectivity index (χ0) is 13.9. The summed E-state index contributed by atoms with van der Waals surface area (Å²) in [5, 5.41) is 3.45. The molecule has 0 fully saturated rings. The second-order valence-electron chi connectivity index (χ2n) is 5.77. The normalized spacial score (nSPS) is 11.1.